The summed E-state index contributed by atoms with van der Waals surface area (Å²) in [6, 6.07) is -2.29. The number of amides is 4. The minimum absolute atomic E-state index is 0.289. The molecule has 0 aliphatic carbocycles. The summed E-state index contributed by atoms with van der Waals surface area (Å²) in [4.78, 5) is 43.5. The first-order valence-corrected chi connectivity index (χ1v) is 5.19. The molecule has 0 aliphatic rings. The van der Waals surface area contributed by atoms with Crippen molar-refractivity contribution in [2.45, 2.75) is 19.4 Å². The fourth-order valence-corrected chi connectivity index (χ4v) is 1.03. The lowest BCUT2D eigenvalue weighted by Crippen LogP contribution is -2.49. The summed E-state index contributed by atoms with van der Waals surface area (Å²) >= 11 is 0. The number of aliphatic carboxylic acids is 1. The highest BCUT2D eigenvalue weighted by Gasteiger charge is 2.22. The van der Waals surface area contributed by atoms with Crippen LogP contribution in [0.5, 0.6) is 0 Å². The number of likely N-dealkylation sites (N-methyl/N-ethyl adjacent to an activating group) is 1. The fraction of sp³-hybridized carbons (Fsp3) is 0.556. The van der Waals surface area contributed by atoms with E-state index in [0.29, 0.717) is 6.54 Å². The second kappa shape index (κ2) is 7.87. The second-order valence-electron chi connectivity index (χ2n) is 3.34. The summed E-state index contributed by atoms with van der Waals surface area (Å²) < 4.78 is 0. The highest BCUT2D eigenvalue weighted by atomic mass is 16.4. The van der Waals surface area contributed by atoms with E-state index in [9.17, 15) is 19.2 Å². The van der Waals surface area contributed by atoms with Crippen LogP contribution in [0, 0.1) is 0 Å². The van der Waals surface area contributed by atoms with E-state index in [1.807, 2.05) is 5.32 Å². The van der Waals surface area contributed by atoms with Crippen LogP contribution in [-0.4, -0.2) is 48.1 Å². The third kappa shape index (κ3) is 7.04. The molecule has 0 rings (SSSR count). The number of carbonyl (C=O) groups is 4. The molecule has 4 amide bonds. The molecule has 0 aromatic carbocycles. The predicted molar refractivity (Wildman–Crippen MR) is 60.5 cm³/mol. The number of rotatable bonds is 7. The van der Waals surface area contributed by atoms with Gasteiger partial charge >= 0.3 is 12.0 Å². The number of hydrogen-bond acceptors (Lipinski definition) is 4. The Morgan fingerprint density at radius 2 is 1.83 bits per heavy atom. The first-order chi connectivity index (χ1) is 8.36. The quantitative estimate of drug-likeness (QED) is 0.350. The van der Waals surface area contributed by atoms with Crippen molar-refractivity contribution in [1.29, 1.82) is 0 Å². The predicted octanol–water partition coefficient (Wildman–Crippen LogP) is -2.25. The topological polar surface area (TPSA) is 151 Å². The smallest absolute Gasteiger partial charge is 0.326 e. The molecule has 0 aromatic rings. The van der Waals surface area contributed by atoms with Crippen LogP contribution < -0.4 is 21.7 Å². The molecule has 0 heterocycles. The van der Waals surface area contributed by atoms with Gasteiger partial charge < -0.3 is 26.8 Å². The van der Waals surface area contributed by atoms with E-state index < -0.39 is 36.3 Å². The number of urea groups is 1. The van der Waals surface area contributed by atoms with Gasteiger partial charge in [0.1, 0.15) is 6.04 Å². The SMILES string of the molecule is CCNC(=O)CNC(=O)N[C@H](CC(N)=O)C(=O)O. The molecular formula is C9H16N4O5. The normalized spacial score (nSPS) is 11.2. The number of nitrogens with one attached hydrogen (secondary N) is 3. The van der Waals surface area contributed by atoms with Gasteiger partial charge in [-0.1, -0.05) is 0 Å². The summed E-state index contributed by atoms with van der Waals surface area (Å²) in [5.41, 5.74) is 4.83. The number of nitrogens with two attached hydrogens (primary N) is 1. The summed E-state index contributed by atoms with van der Waals surface area (Å²) in [5.74, 6) is -2.65. The van der Waals surface area contributed by atoms with Gasteiger partial charge in [-0.05, 0) is 6.92 Å². The Hall–Kier alpha value is -2.32. The molecule has 0 saturated carbocycles. The average molecular weight is 260 g/mol. The molecular weight excluding hydrogens is 244 g/mol. The van der Waals surface area contributed by atoms with Gasteiger partial charge in [-0.15, -0.1) is 0 Å². The minimum atomic E-state index is -1.42. The van der Waals surface area contributed by atoms with E-state index in [0.717, 1.165) is 0 Å². The summed E-state index contributed by atoms with van der Waals surface area (Å²) in [6.07, 6.45) is -0.524. The van der Waals surface area contributed by atoms with E-state index in [2.05, 4.69) is 10.6 Å². The van der Waals surface area contributed by atoms with E-state index in [1.54, 1.807) is 6.92 Å². The number of carboxylic acids is 1. The number of carboxylic acid groups (broad SMARTS) is 1. The molecule has 0 spiro atoms. The Bertz CT molecular complexity index is 344. The Morgan fingerprint density at radius 3 is 2.28 bits per heavy atom. The van der Waals surface area contributed by atoms with Crippen molar-refractivity contribution < 1.29 is 24.3 Å². The third-order valence-electron chi connectivity index (χ3n) is 1.79. The molecule has 0 aliphatic heterocycles. The maximum atomic E-state index is 11.2. The van der Waals surface area contributed by atoms with Crippen molar-refractivity contribution in [3.8, 4) is 0 Å². The van der Waals surface area contributed by atoms with Crippen LogP contribution in [0.15, 0.2) is 0 Å². The molecule has 0 radical (unpaired) electrons. The summed E-state index contributed by atoms with van der Waals surface area (Å²) in [6.45, 7) is 1.84. The molecule has 0 saturated heterocycles. The van der Waals surface area contributed by atoms with Crippen molar-refractivity contribution in [3.05, 3.63) is 0 Å². The molecule has 9 heteroatoms. The van der Waals surface area contributed by atoms with Gasteiger partial charge in [-0.2, -0.15) is 0 Å². The van der Waals surface area contributed by atoms with Gasteiger partial charge in [0, 0.05) is 6.54 Å². The zero-order valence-corrected chi connectivity index (χ0v) is 9.86. The third-order valence-corrected chi connectivity index (χ3v) is 1.79. The first-order valence-electron chi connectivity index (χ1n) is 5.19. The molecule has 0 bridgehead atoms. The van der Waals surface area contributed by atoms with Crippen LogP contribution in [0.1, 0.15) is 13.3 Å². The lowest BCUT2D eigenvalue weighted by atomic mass is 10.2. The van der Waals surface area contributed by atoms with Crippen LogP contribution in [0.3, 0.4) is 0 Å². The standard InChI is InChI=1S/C9H16N4O5/c1-2-11-7(15)4-12-9(18)13-5(8(16)17)3-6(10)14/h5H,2-4H2,1H3,(H2,10,14)(H,11,15)(H,16,17)(H2,12,13,18)/t5-/m1/s1. The zero-order valence-electron chi connectivity index (χ0n) is 9.86. The first kappa shape index (κ1) is 15.7. The monoisotopic (exact) mass is 260 g/mol. The largest absolute Gasteiger partial charge is 0.480 e. The number of hydrogen-bond donors (Lipinski definition) is 5. The van der Waals surface area contributed by atoms with Crippen LogP contribution in [0.4, 0.5) is 4.79 Å². The van der Waals surface area contributed by atoms with E-state index in [1.165, 1.54) is 0 Å². The Kier molecular flexibility index (Phi) is 6.86. The van der Waals surface area contributed by atoms with Gasteiger partial charge in [0.25, 0.3) is 0 Å². The van der Waals surface area contributed by atoms with Crippen molar-refractivity contribution >= 4 is 23.8 Å². The van der Waals surface area contributed by atoms with Crippen molar-refractivity contribution in [2.75, 3.05) is 13.1 Å². The highest BCUT2D eigenvalue weighted by Crippen LogP contribution is 1.91. The summed E-state index contributed by atoms with van der Waals surface area (Å²) in [7, 11) is 0. The van der Waals surface area contributed by atoms with Crippen LogP contribution >= 0.6 is 0 Å². The molecule has 0 fully saturated rings. The molecule has 6 N–H and O–H groups in total. The molecule has 102 valence electrons. The van der Waals surface area contributed by atoms with Crippen molar-refractivity contribution in [2.24, 2.45) is 5.73 Å². The van der Waals surface area contributed by atoms with Crippen molar-refractivity contribution in [1.82, 2.24) is 16.0 Å². The zero-order chi connectivity index (χ0) is 14.1. The lowest BCUT2D eigenvalue weighted by Gasteiger charge is -2.13. The molecule has 0 unspecified atom stereocenters. The molecule has 18 heavy (non-hydrogen) atoms. The maximum absolute atomic E-state index is 11.2. The molecule has 1 atom stereocenters. The van der Waals surface area contributed by atoms with Crippen molar-refractivity contribution in [3.63, 3.8) is 0 Å². The Balaban J connectivity index is 4.14. The second-order valence-corrected chi connectivity index (χ2v) is 3.34. The van der Waals surface area contributed by atoms with Gasteiger partial charge in [0.2, 0.25) is 11.8 Å². The Labute approximate surface area is 103 Å². The minimum Gasteiger partial charge on any atom is -0.480 e. The van der Waals surface area contributed by atoms with Gasteiger partial charge in [-0.3, -0.25) is 9.59 Å². The maximum Gasteiger partial charge on any atom is 0.326 e. The van der Waals surface area contributed by atoms with E-state index in [-0.39, 0.29) is 6.54 Å². The van der Waals surface area contributed by atoms with E-state index >= 15 is 0 Å². The lowest BCUT2D eigenvalue weighted by molar-refractivity contribution is -0.140. The highest BCUT2D eigenvalue weighted by molar-refractivity contribution is 5.89. The van der Waals surface area contributed by atoms with Crippen LogP contribution in [-0.2, 0) is 14.4 Å². The average Bonchev–Trinajstić information content (AvgIpc) is 2.25. The Morgan fingerprint density at radius 1 is 1.22 bits per heavy atom. The fourth-order valence-electron chi connectivity index (χ4n) is 1.03. The van der Waals surface area contributed by atoms with Crippen LogP contribution in [0.25, 0.3) is 0 Å². The molecule has 9 nitrogen and oxygen atoms in total. The summed E-state index contributed by atoms with van der Waals surface area (Å²) in [5, 5.41) is 15.3. The van der Waals surface area contributed by atoms with Crippen LogP contribution in [0.2, 0.25) is 0 Å². The van der Waals surface area contributed by atoms with E-state index in [4.69, 9.17) is 10.8 Å². The van der Waals surface area contributed by atoms with Gasteiger partial charge in [-0.25, -0.2) is 9.59 Å². The molecule has 0 aromatic heterocycles. The number of primary amides is 1. The van der Waals surface area contributed by atoms with Gasteiger partial charge in [0.05, 0.1) is 13.0 Å². The van der Waals surface area contributed by atoms with Gasteiger partial charge in [0.15, 0.2) is 0 Å². The number of carbonyl (C=O) groups excluding carboxylic acids is 3.